The SMILES string of the molecule is O=C(Nc1nnc(C23CC4CC(CC(C4)C2)C3)s1)c1cccc(S(=O)(=O)NC2CC2)c1. The molecule has 0 atom stereocenters. The van der Waals surface area contributed by atoms with E-state index in [1.807, 2.05) is 0 Å². The van der Waals surface area contributed by atoms with Crippen LogP contribution < -0.4 is 10.0 Å². The van der Waals surface area contributed by atoms with Crippen molar-refractivity contribution in [1.29, 1.82) is 0 Å². The zero-order chi connectivity index (χ0) is 21.2. The molecule has 1 aromatic carbocycles. The van der Waals surface area contributed by atoms with E-state index in [1.54, 1.807) is 12.1 Å². The predicted octanol–water partition coefficient (Wildman–Crippen LogP) is 3.70. The quantitative estimate of drug-likeness (QED) is 0.687. The number of benzene rings is 1. The second-order valence-electron chi connectivity index (χ2n) is 9.99. The van der Waals surface area contributed by atoms with Crippen LogP contribution in [0.3, 0.4) is 0 Å². The summed E-state index contributed by atoms with van der Waals surface area (Å²) in [6.45, 7) is 0. The molecule has 5 aliphatic carbocycles. The largest absolute Gasteiger partial charge is 0.296 e. The van der Waals surface area contributed by atoms with Gasteiger partial charge in [0, 0.05) is 17.0 Å². The van der Waals surface area contributed by atoms with Gasteiger partial charge in [0.15, 0.2) is 0 Å². The van der Waals surface area contributed by atoms with Crippen molar-refractivity contribution in [2.24, 2.45) is 17.8 Å². The molecule has 7 nitrogen and oxygen atoms in total. The molecule has 1 aromatic heterocycles. The lowest BCUT2D eigenvalue weighted by atomic mass is 9.50. The normalized spacial score (nSPS) is 31.7. The van der Waals surface area contributed by atoms with Crippen LogP contribution in [0.15, 0.2) is 29.2 Å². The van der Waals surface area contributed by atoms with Gasteiger partial charge < -0.3 is 0 Å². The van der Waals surface area contributed by atoms with Crippen molar-refractivity contribution in [3.8, 4) is 0 Å². The van der Waals surface area contributed by atoms with E-state index in [4.69, 9.17) is 0 Å². The number of anilines is 1. The maximum absolute atomic E-state index is 12.8. The number of hydrogen-bond donors (Lipinski definition) is 2. The second-order valence-corrected chi connectivity index (χ2v) is 12.7. The van der Waals surface area contributed by atoms with Crippen molar-refractivity contribution in [2.45, 2.75) is 67.7 Å². The van der Waals surface area contributed by atoms with Crippen LogP contribution in [0.1, 0.15) is 66.7 Å². The molecule has 0 aliphatic heterocycles. The van der Waals surface area contributed by atoms with Crippen molar-refractivity contribution >= 4 is 32.4 Å². The summed E-state index contributed by atoms with van der Waals surface area (Å²) < 4.78 is 27.6. The van der Waals surface area contributed by atoms with Gasteiger partial charge in [-0.1, -0.05) is 17.4 Å². The zero-order valence-corrected chi connectivity index (χ0v) is 18.8. The third-order valence-electron chi connectivity index (χ3n) is 7.44. The Morgan fingerprint density at radius 3 is 2.35 bits per heavy atom. The van der Waals surface area contributed by atoms with Gasteiger partial charge in [0.05, 0.1) is 4.90 Å². The summed E-state index contributed by atoms with van der Waals surface area (Å²) in [5.74, 6) is 2.10. The van der Waals surface area contributed by atoms with E-state index in [9.17, 15) is 13.2 Å². The minimum absolute atomic E-state index is 0.0203. The number of amides is 1. The minimum atomic E-state index is -3.60. The first kappa shape index (κ1) is 19.8. The Bertz CT molecular complexity index is 1100. The van der Waals surface area contributed by atoms with Gasteiger partial charge in [0.2, 0.25) is 15.2 Å². The minimum Gasteiger partial charge on any atom is -0.296 e. The Morgan fingerprint density at radius 2 is 1.71 bits per heavy atom. The number of sulfonamides is 1. The first-order chi connectivity index (χ1) is 14.9. The molecule has 1 amide bonds. The first-order valence-corrected chi connectivity index (χ1v) is 13.5. The molecular weight excluding hydrogens is 432 g/mol. The molecule has 0 saturated heterocycles. The molecule has 7 rings (SSSR count). The van der Waals surface area contributed by atoms with Crippen molar-refractivity contribution in [2.75, 3.05) is 5.32 Å². The highest BCUT2D eigenvalue weighted by atomic mass is 32.2. The summed E-state index contributed by atoms with van der Waals surface area (Å²) in [6, 6.07) is 6.16. The number of rotatable bonds is 6. The number of carbonyl (C=O) groups excluding carboxylic acids is 1. The lowest BCUT2D eigenvalue weighted by Gasteiger charge is -2.55. The molecule has 5 fully saturated rings. The van der Waals surface area contributed by atoms with Gasteiger partial charge in [-0.3, -0.25) is 10.1 Å². The highest BCUT2D eigenvalue weighted by Crippen LogP contribution is 2.61. The number of aromatic nitrogens is 2. The van der Waals surface area contributed by atoms with Gasteiger partial charge in [0.1, 0.15) is 5.01 Å². The van der Waals surface area contributed by atoms with Gasteiger partial charge in [-0.25, -0.2) is 13.1 Å². The van der Waals surface area contributed by atoms with E-state index in [-0.39, 0.29) is 22.3 Å². The average molecular weight is 459 g/mol. The molecular formula is C22H26N4O3S2. The summed E-state index contributed by atoms with van der Waals surface area (Å²) in [6.07, 6.45) is 9.45. The Balaban J connectivity index is 1.19. The van der Waals surface area contributed by atoms with Crippen molar-refractivity contribution in [3.63, 3.8) is 0 Å². The molecule has 164 valence electrons. The molecule has 9 heteroatoms. The fourth-order valence-electron chi connectivity index (χ4n) is 6.32. The molecule has 1 heterocycles. The van der Waals surface area contributed by atoms with E-state index >= 15 is 0 Å². The average Bonchev–Trinajstić information content (AvgIpc) is 3.39. The lowest BCUT2D eigenvalue weighted by molar-refractivity contribution is -0.00555. The molecule has 0 radical (unpaired) electrons. The van der Waals surface area contributed by atoms with Crippen LogP contribution in [0.2, 0.25) is 0 Å². The highest BCUT2D eigenvalue weighted by molar-refractivity contribution is 7.89. The van der Waals surface area contributed by atoms with E-state index in [2.05, 4.69) is 20.2 Å². The fraction of sp³-hybridized carbons (Fsp3) is 0.591. The highest BCUT2D eigenvalue weighted by Gasteiger charge is 2.53. The van der Waals surface area contributed by atoms with E-state index < -0.39 is 10.0 Å². The Kier molecular flexibility index (Phi) is 4.53. The smallest absolute Gasteiger partial charge is 0.257 e. The molecule has 0 unspecified atom stereocenters. The van der Waals surface area contributed by atoms with Crippen LogP contribution in [0.25, 0.3) is 0 Å². The molecule has 2 N–H and O–H groups in total. The number of nitrogens with one attached hydrogen (secondary N) is 2. The maximum atomic E-state index is 12.8. The van der Waals surface area contributed by atoms with Crippen molar-refractivity contribution in [3.05, 3.63) is 34.8 Å². The summed E-state index contributed by atoms with van der Waals surface area (Å²) >= 11 is 1.49. The Labute approximate surface area is 186 Å². The van der Waals surface area contributed by atoms with Gasteiger partial charge in [-0.15, -0.1) is 10.2 Å². The van der Waals surface area contributed by atoms with Crippen molar-refractivity contribution < 1.29 is 13.2 Å². The standard InChI is InChI=1S/C22H26N4O3S2/c27-19(16-2-1-3-18(9-16)31(28,29)26-17-4-5-17)23-21-25-24-20(30-21)22-10-13-6-14(11-22)8-15(7-13)12-22/h1-3,9,13-15,17,26H,4-8,10-12H2,(H,23,25,27). The van der Waals surface area contributed by atoms with E-state index in [1.165, 1.54) is 62.0 Å². The zero-order valence-electron chi connectivity index (χ0n) is 17.2. The van der Waals surface area contributed by atoms with Gasteiger partial charge in [-0.05, 0) is 87.3 Å². The summed E-state index contributed by atoms with van der Waals surface area (Å²) in [5.41, 5.74) is 0.447. The molecule has 4 bridgehead atoms. The van der Waals surface area contributed by atoms with E-state index in [0.29, 0.717) is 10.7 Å². The summed E-state index contributed by atoms with van der Waals surface area (Å²) in [5, 5.41) is 13.1. The van der Waals surface area contributed by atoms with Gasteiger partial charge in [-0.2, -0.15) is 0 Å². The Hall–Kier alpha value is -1.84. The molecule has 5 aliphatic rings. The van der Waals surface area contributed by atoms with Gasteiger partial charge >= 0.3 is 0 Å². The second kappa shape index (κ2) is 7.08. The Morgan fingerprint density at radius 1 is 1.03 bits per heavy atom. The third-order valence-corrected chi connectivity index (χ3v) is 10.0. The summed E-state index contributed by atoms with van der Waals surface area (Å²) in [7, 11) is -3.60. The number of hydrogen-bond acceptors (Lipinski definition) is 6. The maximum Gasteiger partial charge on any atom is 0.257 e. The lowest BCUT2D eigenvalue weighted by Crippen LogP contribution is -2.48. The van der Waals surface area contributed by atoms with Crippen LogP contribution >= 0.6 is 11.3 Å². The first-order valence-electron chi connectivity index (χ1n) is 11.2. The number of nitrogens with zero attached hydrogens (tertiary/aromatic N) is 2. The van der Waals surface area contributed by atoms with Crippen molar-refractivity contribution in [1.82, 2.24) is 14.9 Å². The monoisotopic (exact) mass is 458 g/mol. The number of carbonyl (C=O) groups is 1. The summed E-state index contributed by atoms with van der Waals surface area (Å²) in [4.78, 5) is 12.9. The van der Waals surface area contributed by atoms with Crippen LogP contribution in [0.5, 0.6) is 0 Å². The molecule has 2 aromatic rings. The van der Waals surface area contributed by atoms with E-state index in [0.717, 1.165) is 35.6 Å². The predicted molar refractivity (Wildman–Crippen MR) is 117 cm³/mol. The molecule has 31 heavy (non-hydrogen) atoms. The van der Waals surface area contributed by atoms with Crippen LogP contribution in [-0.2, 0) is 15.4 Å². The van der Waals surface area contributed by atoms with Gasteiger partial charge in [0.25, 0.3) is 5.91 Å². The van der Waals surface area contributed by atoms with Crippen LogP contribution in [0.4, 0.5) is 5.13 Å². The van der Waals surface area contributed by atoms with Crippen LogP contribution in [0, 0.1) is 17.8 Å². The molecule has 0 spiro atoms. The topological polar surface area (TPSA) is 101 Å². The third kappa shape index (κ3) is 3.70. The fourth-order valence-corrected chi connectivity index (χ4v) is 8.63. The molecule has 5 saturated carbocycles. The van der Waals surface area contributed by atoms with Crippen LogP contribution in [-0.4, -0.2) is 30.6 Å².